The van der Waals surface area contributed by atoms with E-state index in [2.05, 4.69) is 21.3 Å². The highest BCUT2D eigenvalue weighted by Gasteiger charge is 2.24. The van der Waals surface area contributed by atoms with Crippen molar-refractivity contribution < 1.29 is 9.90 Å². The minimum absolute atomic E-state index is 0.188. The maximum atomic E-state index is 12.2. The maximum Gasteiger partial charge on any atom is 0.253 e. The predicted octanol–water partition coefficient (Wildman–Crippen LogP) is 1.77. The number of aromatic nitrogens is 1. The first kappa shape index (κ1) is 17.2. The van der Waals surface area contributed by atoms with Gasteiger partial charge in [-0.15, -0.1) is 0 Å². The van der Waals surface area contributed by atoms with Gasteiger partial charge in [0, 0.05) is 25.3 Å². The van der Waals surface area contributed by atoms with Gasteiger partial charge >= 0.3 is 0 Å². The van der Waals surface area contributed by atoms with Gasteiger partial charge in [0.25, 0.3) is 5.91 Å². The lowest BCUT2D eigenvalue weighted by atomic mass is 10.1. The highest BCUT2D eigenvalue weighted by Crippen LogP contribution is 2.21. The minimum Gasteiger partial charge on any atom is -0.395 e. The number of aromatic amines is 1. The monoisotopic (exact) mass is 338 g/mol. The fourth-order valence-electron chi connectivity index (χ4n) is 3.28. The van der Waals surface area contributed by atoms with E-state index in [9.17, 15) is 9.90 Å². The fraction of sp³-hybridized carbons (Fsp3) is 0.368. The van der Waals surface area contributed by atoms with Crippen LogP contribution in [-0.2, 0) is 13.1 Å². The summed E-state index contributed by atoms with van der Waals surface area (Å²) in [6.45, 7) is 2.39. The smallest absolute Gasteiger partial charge is 0.253 e. The lowest BCUT2D eigenvalue weighted by Gasteiger charge is -2.24. The van der Waals surface area contributed by atoms with Crippen molar-refractivity contribution in [3.8, 4) is 6.07 Å². The summed E-state index contributed by atoms with van der Waals surface area (Å²) in [5.41, 5.74) is 3.05. The number of hydrogen-bond donors (Lipinski definition) is 3. The molecule has 25 heavy (non-hydrogen) atoms. The van der Waals surface area contributed by atoms with Crippen LogP contribution in [0.3, 0.4) is 0 Å². The van der Waals surface area contributed by atoms with Crippen LogP contribution in [0, 0.1) is 11.3 Å². The second-order valence-electron chi connectivity index (χ2n) is 6.31. The van der Waals surface area contributed by atoms with Gasteiger partial charge in [0.15, 0.2) is 0 Å². The number of aliphatic hydroxyl groups is 1. The molecule has 1 amide bonds. The Bertz CT molecular complexity index is 778. The molecule has 1 atom stereocenters. The third-order valence-corrected chi connectivity index (χ3v) is 4.71. The van der Waals surface area contributed by atoms with Crippen LogP contribution in [-0.4, -0.2) is 40.1 Å². The zero-order valence-corrected chi connectivity index (χ0v) is 14.0. The summed E-state index contributed by atoms with van der Waals surface area (Å²) >= 11 is 0. The van der Waals surface area contributed by atoms with E-state index in [1.165, 1.54) is 12.3 Å². The van der Waals surface area contributed by atoms with E-state index in [1.54, 1.807) is 0 Å². The lowest BCUT2D eigenvalue weighted by molar-refractivity contribution is 0.0951. The molecule has 3 N–H and O–H groups in total. The Kier molecular flexibility index (Phi) is 5.49. The number of nitrogens with zero attached hydrogens (tertiary/aromatic N) is 2. The van der Waals surface area contributed by atoms with E-state index in [-0.39, 0.29) is 18.6 Å². The molecule has 6 heteroatoms. The molecule has 6 nitrogen and oxygen atoms in total. The average Bonchev–Trinajstić information content (AvgIpc) is 3.29. The van der Waals surface area contributed by atoms with Gasteiger partial charge in [0.05, 0.1) is 12.2 Å². The van der Waals surface area contributed by atoms with Gasteiger partial charge in [-0.25, -0.2) is 0 Å². The molecule has 0 saturated carbocycles. The van der Waals surface area contributed by atoms with Crippen molar-refractivity contribution in [3.63, 3.8) is 0 Å². The summed E-state index contributed by atoms with van der Waals surface area (Å²) < 4.78 is 0. The van der Waals surface area contributed by atoms with Crippen molar-refractivity contribution in [2.45, 2.75) is 32.0 Å². The van der Waals surface area contributed by atoms with E-state index in [4.69, 9.17) is 5.26 Å². The van der Waals surface area contributed by atoms with Crippen molar-refractivity contribution in [3.05, 3.63) is 58.9 Å². The summed E-state index contributed by atoms with van der Waals surface area (Å²) in [6.07, 6.45) is 3.68. The Labute approximate surface area is 147 Å². The minimum atomic E-state index is -0.207. The average molecular weight is 338 g/mol. The standard InChI is InChI=1S/C19H22N4O2/c20-9-17-8-16(11-21-17)19(25)22-10-14-4-1-2-5-15(14)12-23-7-3-6-18(23)13-24/h1-2,4-5,8,11,18,21,24H,3,6-7,10,12-13H2,(H,22,25). The normalized spacial score (nSPS) is 17.4. The molecule has 0 aliphatic carbocycles. The Hall–Kier alpha value is -2.62. The van der Waals surface area contributed by atoms with E-state index in [0.717, 1.165) is 37.1 Å². The molecule has 3 rings (SSSR count). The van der Waals surface area contributed by atoms with E-state index in [0.29, 0.717) is 17.8 Å². The first-order valence-corrected chi connectivity index (χ1v) is 8.49. The van der Waals surface area contributed by atoms with Crippen LogP contribution in [0.2, 0.25) is 0 Å². The molecule has 2 aromatic rings. The maximum absolute atomic E-state index is 12.2. The first-order valence-electron chi connectivity index (χ1n) is 8.49. The molecule has 0 bridgehead atoms. The molecular formula is C19H22N4O2. The highest BCUT2D eigenvalue weighted by atomic mass is 16.3. The Morgan fingerprint density at radius 2 is 2.20 bits per heavy atom. The summed E-state index contributed by atoms with van der Waals surface area (Å²) in [4.78, 5) is 17.3. The lowest BCUT2D eigenvalue weighted by Crippen LogP contribution is -2.32. The summed E-state index contributed by atoms with van der Waals surface area (Å²) in [5.74, 6) is -0.207. The van der Waals surface area contributed by atoms with E-state index in [1.807, 2.05) is 24.3 Å². The van der Waals surface area contributed by atoms with Gasteiger partial charge in [-0.2, -0.15) is 5.26 Å². The summed E-state index contributed by atoms with van der Waals surface area (Å²) in [6, 6.07) is 11.8. The third kappa shape index (κ3) is 4.08. The number of H-pyrrole nitrogens is 1. The van der Waals surface area contributed by atoms with Gasteiger partial charge in [0.2, 0.25) is 0 Å². The van der Waals surface area contributed by atoms with Crippen molar-refractivity contribution >= 4 is 5.91 Å². The Balaban J connectivity index is 1.64. The molecule has 1 fully saturated rings. The number of nitriles is 1. The second kappa shape index (κ2) is 7.97. The SMILES string of the molecule is N#Cc1cc(C(=O)NCc2ccccc2CN2CCCC2CO)c[nH]1. The Morgan fingerprint density at radius 3 is 2.92 bits per heavy atom. The molecule has 1 aliphatic heterocycles. The zero-order valence-electron chi connectivity index (χ0n) is 14.0. The number of benzene rings is 1. The Morgan fingerprint density at radius 1 is 1.40 bits per heavy atom. The fourth-order valence-corrected chi connectivity index (χ4v) is 3.28. The number of hydrogen-bond acceptors (Lipinski definition) is 4. The summed E-state index contributed by atoms with van der Waals surface area (Å²) in [7, 11) is 0. The molecule has 1 saturated heterocycles. The number of rotatable bonds is 6. The molecular weight excluding hydrogens is 316 g/mol. The largest absolute Gasteiger partial charge is 0.395 e. The number of nitrogens with one attached hydrogen (secondary N) is 2. The number of carbonyl (C=O) groups excluding carboxylic acids is 1. The van der Waals surface area contributed by atoms with Crippen molar-refractivity contribution in [2.75, 3.05) is 13.2 Å². The van der Waals surface area contributed by atoms with E-state index < -0.39 is 0 Å². The van der Waals surface area contributed by atoms with Crippen LogP contribution in [0.4, 0.5) is 0 Å². The zero-order chi connectivity index (χ0) is 17.6. The first-order chi connectivity index (χ1) is 12.2. The van der Waals surface area contributed by atoms with Gasteiger partial charge in [-0.1, -0.05) is 24.3 Å². The second-order valence-corrected chi connectivity index (χ2v) is 6.31. The van der Waals surface area contributed by atoms with Crippen LogP contribution in [0.25, 0.3) is 0 Å². The number of likely N-dealkylation sites (tertiary alicyclic amines) is 1. The van der Waals surface area contributed by atoms with Crippen LogP contribution < -0.4 is 5.32 Å². The van der Waals surface area contributed by atoms with Gasteiger partial charge in [-0.05, 0) is 36.6 Å². The van der Waals surface area contributed by atoms with Crippen LogP contribution in [0.1, 0.15) is 40.0 Å². The molecule has 0 spiro atoms. The molecule has 1 unspecified atom stereocenters. The van der Waals surface area contributed by atoms with Gasteiger partial charge in [-0.3, -0.25) is 9.69 Å². The molecule has 1 aromatic carbocycles. The third-order valence-electron chi connectivity index (χ3n) is 4.71. The van der Waals surface area contributed by atoms with Crippen LogP contribution in [0.15, 0.2) is 36.5 Å². The number of aliphatic hydroxyl groups excluding tert-OH is 1. The topological polar surface area (TPSA) is 92.2 Å². The number of amides is 1. The van der Waals surface area contributed by atoms with Crippen molar-refractivity contribution in [1.29, 1.82) is 5.26 Å². The quantitative estimate of drug-likeness (QED) is 0.748. The predicted molar refractivity (Wildman–Crippen MR) is 93.6 cm³/mol. The summed E-state index contributed by atoms with van der Waals surface area (Å²) in [5, 5.41) is 21.2. The molecule has 2 heterocycles. The van der Waals surface area contributed by atoms with Crippen molar-refractivity contribution in [2.24, 2.45) is 0 Å². The highest BCUT2D eigenvalue weighted by molar-refractivity contribution is 5.94. The number of carbonyl (C=O) groups is 1. The molecule has 1 aromatic heterocycles. The van der Waals surface area contributed by atoms with Gasteiger partial charge in [0.1, 0.15) is 11.8 Å². The van der Waals surface area contributed by atoms with Crippen molar-refractivity contribution in [1.82, 2.24) is 15.2 Å². The molecule has 0 radical (unpaired) electrons. The van der Waals surface area contributed by atoms with Gasteiger partial charge < -0.3 is 15.4 Å². The molecule has 130 valence electrons. The van der Waals surface area contributed by atoms with E-state index >= 15 is 0 Å². The van der Waals surface area contributed by atoms with Crippen LogP contribution >= 0.6 is 0 Å². The molecule has 1 aliphatic rings. The van der Waals surface area contributed by atoms with Crippen LogP contribution in [0.5, 0.6) is 0 Å².